The molecule has 1 aliphatic heterocycles. The van der Waals surface area contributed by atoms with Crippen molar-refractivity contribution in [1.82, 2.24) is 20.9 Å². The highest BCUT2D eigenvalue weighted by Gasteiger charge is 2.33. The fourth-order valence-electron chi connectivity index (χ4n) is 5.25. The minimum Gasteiger partial charge on any atom is -0.493 e. The lowest BCUT2D eigenvalue weighted by Gasteiger charge is -2.32. The number of rotatable bonds is 8. The lowest BCUT2D eigenvalue weighted by Crippen LogP contribution is -2.46. The van der Waals surface area contributed by atoms with Crippen molar-refractivity contribution in [2.45, 2.75) is 76.6 Å². The van der Waals surface area contributed by atoms with Crippen molar-refractivity contribution in [3.8, 4) is 5.75 Å². The van der Waals surface area contributed by atoms with Crippen molar-refractivity contribution in [1.29, 1.82) is 0 Å². The van der Waals surface area contributed by atoms with Crippen molar-refractivity contribution in [3.63, 3.8) is 0 Å². The lowest BCUT2D eigenvalue weighted by molar-refractivity contribution is -0.129. The summed E-state index contributed by atoms with van der Waals surface area (Å²) < 4.78 is 20.1. The quantitative estimate of drug-likeness (QED) is 0.374. The Labute approximate surface area is 216 Å². The topological polar surface area (TPSA) is 115 Å². The zero-order valence-electron chi connectivity index (χ0n) is 21.3. The number of aliphatic hydroxyl groups excluding tert-OH is 1. The molecule has 3 aliphatic rings. The van der Waals surface area contributed by atoms with E-state index in [0.717, 1.165) is 61.0 Å². The third-order valence-electron chi connectivity index (χ3n) is 7.55. The van der Waals surface area contributed by atoms with Gasteiger partial charge in [-0.25, -0.2) is 4.39 Å². The largest absolute Gasteiger partial charge is 0.493 e. The first kappa shape index (κ1) is 25.3. The summed E-state index contributed by atoms with van der Waals surface area (Å²) in [5.41, 5.74) is 3.77. The molecule has 0 spiro atoms. The molecule has 198 valence electrons. The number of aromatic nitrogens is 1. The van der Waals surface area contributed by atoms with Crippen molar-refractivity contribution in [3.05, 3.63) is 58.8 Å². The number of halogens is 1. The van der Waals surface area contributed by atoms with Crippen molar-refractivity contribution in [2.24, 2.45) is 5.92 Å². The van der Waals surface area contributed by atoms with Crippen LogP contribution in [-0.2, 0) is 9.59 Å². The monoisotopic (exact) mass is 510 g/mol. The van der Waals surface area contributed by atoms with Gasteiger partial charge in [0.1, 0.15) is 17.7 Å². The predicted molar refractivity (Wildman–Crippen MR) is 137 cm³/mol. The summed E-state index contributed by atoms with van der Waals surface area (Å²) in [6, 6.07) is 6.30. The van der Waals surface area contributed by atoms with Gasteiger partial charge in [0.05, 0.1) is 23.9 Å². The van der Waals surface area contributed by atoms with Gasteiger partial charge in [0.2, 0.25) is 5.91 Å². The number of carbonyl (C=O) groups excluding carboxylic acids is 2. The number of ether oxygens (including phenoxy) is 1. The number of nitrogens with one attached hydrogen (secondary N) is 4. The van der Waals surface area contributed by atoms with Gasteiger partial charge in [-0.3, -0.25) is 9.59 Å². The first-order chi connectivity index (χ1) is 17.8. The molecular formula is C28H35FN4O4. The predicted octanol–water partition coefficient (Wildman–Crippen LogP) is 3.29. The summed E-state index contributed by atoms with van der Waals surface area (Å²) in [6.45, 7) is 3.91. The summed E-state index contributed by atoms with van der Waals surface area (Å²) in [6.07, 6.45) is 6.05. The molecule has 2 saturated carbocycles. The highest BCUT2D eigenvalue weighted by Crippen LogP contribution is 2.40. The highest BCUT2D eigenvalue weighted by atomic mass is 19.1. The van der Waals surface area contributed by atoms with Crippen LogP contribution >= 0.6 is 0 Å². The van der Waals surface area contributed by atoms with Crippen LogP contribution in [-0.4, -0.2) is 46.7 Å². The second kappa shape index (κ2) is 10.6. The van der Waals surface area contributed by atoms with Crippen LogP contribution in [0.4, 0.5) is 4.39 Å². The number of aromatic amines is 1. The van der Waals surface area contributed by atoms with Gasteiger partial charge < -0.3 is 30.8 Å². The first-order valence-corrected chi connectivity index (χ1v) is 13.2. The summed E-state index contributed by atoms with van der Waals surface area (Å²) in [7, 11) is 0. The Balaban J connectivity index is 1.29. The van der Waals surface area contributed by atoms with E-state index in [2.05, 4.69) is 20.9 Å². The normalized spacial score (nSPS) is 24.1. The van der Waals surface area contributed by atoms with Gasteiger partial charge in [0.25, 0.3) is 5.91 Å². The molecule has 2 aromatic rings. The number of aliphatic hydroxyl groups is 1. The minimum absolute atomic E-state index is 0.00293. The molecule has 2 aliphatic carbocycles. The van der Waals surface area contributed by atoms with Crippen LogP contribution in [0.3, 0.4) is 0 Å². The van der Waals surface area contributed by atoms with Gasteiger partial charge in [-0.15, -0.1) is 0 Å². The van der Waals surface area contributed by atoms with Gasteiger partial charge >= 0.3 is 0 Å². The molecule has 0 bridgehead atoms. The van der Waals surface area contributed by atoms with E-state index in [4.69, 9.17) is 4.74 Å². The molecule has 5 N–H and O–H groups in total. The fourth-order valence-corrected chi connectivity index (χ4v) is 5.25. The minimum atomic E-state index is -1.03. The Morgan fingerprint density at radius 1 is 1.08 bits per heavy atom. The Morgan fingerprint density at radius 3 is 2.46 bits per heavy atom. The molecular weight excluding hydrogens is 475 g/mol. The average molecular weight is 511 g/mol. The van der Waals surface area contributed by atoms with E-state index in [9.17, 15) is 19.1 Å². The molecule has 5 rings (SSSR count). The molecule has 0 radical (unpaired) electrons. The van der Waals surface area contributed by atoms with Gasteiger partial charge in [0.15, 0.2) is 0 Å². The van der Waals surface area contributed by atoms with Crippen molar-refractivity contribution >= 4 is 17.4 Å². The van der Waals surface area contributed by atoms with Crippen LogP contribution in [0.2, 0.25) is 0 Å². The molecule has 2 fully saturated rings. The fraction of sp³-hybridized carbons (Fsp3) is 0.500. The maximum atomic E-state index is 14.1. The lowest BCUT2D eigenvalue weighted by atomic mass is 9.89. The smallest absolute Gasteiger partial charge is 0.255 e. The maximum absolute atomic E-state index is 14.1. The third kappa shape index (κ3) is 5.66. The average Bonchev–Trinajstić information content (AvgIpc) is 3.57. The maximum Gasteiger partial charge on any atom is 0.255 e. The summed E-state index contributed by atoms with van der Waals surface area (Å²) in [4.78, 5) is 28.4. The molecule has 9 heteroatoms. The van der Waals surface area contributed by atoms with Crippen LogP contribution in [0, 0.1) is 11.7 Å². The zero-order chi connectivity index (χ0) is 26.1. The summed E-state index contributed by atoms with van der Waals surface area (Å²) in [5, 5.41) is 18.9. The molecule has 1 aromatic carbocycles. The summed E-state index contributed by atoms with van der Waals surface area (Å²) in [5.74, 6) is 0.203. The van der Waals surface area contributed by atoms with Crippen LogP contribution < -0.4 is 20.7 Å². The van der Waals surface area contributed by atoms with Gasteiger partial charge in [-0.05, 0) is 76.5 Å². The Morgan fingerprint density at radius 2 is 1.78 bits per heavy atom. The highest BCUT2D eigenvalue weighted by molar-refractivity contribution is 6.20. The molecule has 1 aromatic heterocycles. The van der Waals surface area contributed by atoms with E-state index in [0.29, 0.717) is 23.8 Å². The number of hydrogen-bond acceptors (Lipinski definition) is 5. The molecule has 2 amide bonds. The second-order valence-electron chi connectivity index (χ2n) is 10.5. The van der Waals surface area contributed by atoms with Crippen LogP contribution in [0.25, 0.3) is 5.57 Å². The molecule has 8 nitrogen and oxygen atoms in total. The Kier molecular flexibility index (Phi) is 7.24. The number of fused-ring (bicyclic) bond motifs is 1. The van der Waals surface area contributed by atoms with Gasteiger partial charge in [-0.1, -0.05) is 0 Å². The standard InChI is InChI=1S/C28H35FN4O4/c1-15-24(28(36)33-20-8-6-19(7-9-20)32-27(35)16(2)34)26-22(11-12-30-26)25(31-15)21-10-5-18(29)13-23(21)37-14-17-3-4-17/h5,10-13,16-17,19-20,25,30-31,34H,3-4,6-9,14H2,1-2H3,(H,32,35)(H,33,36)/t16-,19?,20?,25?/m0/s1. The number of hydrogen-bond donors (Lipinski definition) is 5. The SMILES string of the molecule is CC1=C(C(=O)NC2CCC(NC(=O)[C@H](C)O)CC2)c2[nH]ccc2C(c2ccc(F)cc2OCC2CC2)N1. The molecule has 1 unspecified atom stereocenters. The summed E-state index contributed by atoms with van der Waals surface area (Å²) >= 11 is 0. The number of benzene rings is 1. The molecule has 2 heterocycles. The number of H-pyrrole nitrogens is 1. The number of allylic oxidation sites excluding steroid dienone is 1. The molecule has 0 saturated heterocycles. The Hall–Kier alpha value is -3.33. The number of amides is 2. The molecule has 37 heavy (non-hydrogen) atoms. The van der Waals surface area contributed by atoms with Crippen LogP contribution in [0.1, 0.15) is 75.2 Å². The number of carbonyl (C=O) groups is 2. The van der Waals surface area contributed by atoms with E-state index < -0.39 is 6.10 Å². The second-order valence-corrected chi connectivity index (χ2v) is 10.5. The van der Waals surface area contributed by atoms with Crippen LogP contribution in [0.15, 0.2) is 36.2 Å². The van der Waals surface area contributed by atoms with Gasteiger partial charge in [0, 0.05) is 41.2 Å². The third-order valence-corrected chi connectivity index (χ3v) is 7.55. The van der Waals surface area contributed by atoms with Crippen molar-refractivity contribution in [2.75, 3.05) is 6.61 Å². The van der Waals surface area contributed by atoms with E-state index in [-0.39, 0.29) is 35.8 Å². The van der Waals surface area contributed by atoms with E-state index in [1.165, 1.54) is 19.1 Å². The zero-order valence-corrected chi connectivity index (χ0v) is 21.3. The van der Waals surface area contributed by atoms with E-state index >= 15 is 0 Å². The van der Waals surface area contributed by atoms with Gasteiger partial charge in [-0.2, -0.15) is 0 Å². The molecule has 2 atom stereocenters. The Bertz CT molecular complexity index is 1190. The van der Waals surface area contributed by atoms with E-state index in [1.807, 2.05) is 19.2 Å². The van der Waals surface area contributed by atoms with Crippen molar-refractivity contribution < 1.29 is 23.8 Å². The van der Waals surface area contributed by atoms with E-state index in [1.54, 1.807) is 6.07 Å². The first-order valence-electron chi connectivity index (χ1n) is 13.2. The van der Waals surface area contributed by atoms with Crippen LogP contribution in [0.5, 0.6) is 5.75 Å².